The van der Waals surface area contributed by atoms with Crippen LogP contribution in [0, 0.1) is 22.7 Å². The normalized spacial score (nSPS) is 11.7. The molecule has 9 rings (SSSR count). The zero-order chi connectivity index (χ0) is 28.7. The summed E-state index contributed by atoms with van der Waals surface area (Å²) < 4.78 is 10.6. The Bertz CT molecular complexity index is 2640. The van der Waals surface area contributed by atoms with Crippen molar-refractivity contribution in [1.82, 2.24) is 14.1 Å². The number of pyridine rings is 1. The van der Waals surface area contributed by atoms with Gasteiger partial charge in [-0.1, -0.05) is 42.5 Å². The predicted molar refractivity (Wildman–Crippen MR) is 170 cm³/mol. The van der Waals surface area contributed by atoms with Gasteiger partial charge in [-0.15, -0.1) is 0 Å². The van der Waals surface area contributed by atoms with E-state index >= 15 is 0 Å². The Hall–Kier alpha value is -6.37. The molecule has 0 atom stereocenters. The molecule has 0 N–H and O–H groups in total. The van der Waals surface area contributed by atoms with E-state index in [1.165, 1.54) is 0 Å². The van der Waals surface area contributed by atoms with Crippen LogP contribution in [0.2, 0.25) is 0 Å². The number of hydrogen-bond donors (Lipinski definition) is 0. The Kier molecular flexibility index (Phi) is 4.65. The number of para-hydroxylation sites is 2. The summed E-state index contributed by atoms with van der Waals surface area (Å²) in [5.41, 5.74) is 6.75. The first-order chi connectivity index (χ1) is 21.2. The number of hydrogen-bond acceptors (Lipinski definition) is 4. The number of aromatic nitrogens is 3. The van der Waals surface area contributed by atoms with Gasteiger partial charge in [-0.3, -0.25) is 9.13 Å². The highest BCUT2D eigenvalue weighted by atomic mass is 16.3. The third-order valence-electron chi connectivity index (χ3n) is 8.38. The summed E-state index contributed by atoms with van der Waals surface area (Å²) in [5, 5.41) is 25.4. The van der Waals surface area contributed by atoms with Crippen LogP contribution in [0.3, 0.4) is 0 Å². The monoisotopic (exact) mass is 549 g/mol. The minimum absolute atomic E-state index is 0.567. The zero-order valence-corrected chi connectivity index (χ0v) is 22.6. The summed E-state index contributed by atoms with van der Waals surface area (Å²) in [5.74, 6) is 1.51. The molecule has 6 nitrogen and oxygen atoms in total. The average Bonchev–Trinajstić information content (AvgIpc) is 3.71. The maximum Gasteiger partial charge on any atom is 0.140 e. The Balaban J connectivity index is 1.39. The maximum absolute atomic E-state index is 9.60. The summed E-state index contributed by atoms with van der Waals surface area (Å²) in [4.78, 5) is 5.28. The molecule has 0 fully saturated rings. The Morgan fingerprint density at radius 2 is 1.14 bits per heavy atom. The molecule has 9 aromatic rings. The van der Waals surface area contributed by atoms with Crippen molar-refractivity contribution in [1.29, 1.82) is 10.5 Å². The quantitative estimate of drug-likeness (QED) is 0.215. The molecule has 0 radical (unpaired) electrons. The zero-order valence-electron chi connectivity index (χ0n) is 22.6. The third-order valence-corrected chi connectivity index (χ3v) is 8.38. The number of fused-ring (bicyclic) bond motifs is 10. The number of benzene rings is 5. The van der Waals surface area contributed by atoms with Crippen LogP contribution in [0.5, 0.6) is 0 Å². The molecule has 6 heteroatoms. The largest absolute Gasteiger partial charge is 0.456 e. The van der Waals surface area contributed by atoms with E-state index < -0.39 is 0 Å². The fourth-order valence-electron chi connectivity index (χ4n) is 6.57. The van der Waals surface area contributed by atoms with Gasteiger partial charge in [0.05, 0.1) is 50.7 Å². The van der Waals surface area contributed by atoms with Crippen molar-refractivity contribution in [3.05, 3.63) is 126 Å². The molecule has 0 spiro atoms. The number of furan rings is 1. The predicted octanol–water partition coefficient (Wildman–Crippen LogP) is 8.92. The topological polar surface area (TPSA) is 83.5 Å². The van der Waals surface area contributed by atoms with Crippen LogP contribution in [-0.4, -0.2) is 14.1 Å². The van der Waals surface area contributed by atoms with E-state index in [2.05, 4.69) is 63.7 Å². The molecule has 43 heavy (non-hydrogen) atoms. The Morgan fingerprint density at radius 1 is 0.512 bits per heavy atom. The van der Waals surface area contributed by atoms with Crippen LogP contribution in [0.15, 0.2) is 120 Å². The smallest absolute Gasteiger partial charge is 0.140 e. The molecule has 0 amide bonds. The summed E-state index contributed by atoms with van der Waals surface area (Å²) in [7, 11) is 0. The minimum Gasteiger partial charge on any atom is -0.456 e. The molecule has 0 unspecified atom stereocenters. The first-order valence-electron chi connectivity index (χ1n) is 13.9. The molecule has 4 aromatic heterocycles. The van der Waals surface area contributed by atoms with Crippen molar-refractivity contribution in [2.75, 3.05) is 0 Å². The van der Waals surface area contributed by atoms with Crippen molar-refractivity contribution >= 4 is 65.6 Å². The molecule has 0 bridgehead atoms. The van der Waals surface area contributed by atoms with Gasteiger partial charge in [0, 0.05) is 26.9 Å². The van der Waals surface area contributed by atoms with Crippen molar-refractivity contribution in [2.45, 2.75) is 0 Å². The summed E-state index contributed by atoms with van der Waals surface area (Å²) in [6, 6.07) is 42.6. The van der Waals surface area contributed by atoms with E-state index in [1.54, 1.807) is 0 Å². The van der Waals surface area contributed by atoms with Gasteiger partial charge in [0.2, 0.25) is 0 Å². The van der Waals surface area contributed by atoms with Crippen LogP contribution in [0.4, 0.5) is 0 Å². The second-order valence-electron chi connectivity index (χ2n) is 10.7. The fraction of sp³-hybridized carbons (Fsp3) is 0. The SMILES string of the molecule is N#Cc1ccc2c(c1)c1cc(C#N)ccc1n2-c1cccc(-n2c3ccccc3c3ccc4oc5ccccc5c4c32)n1. The van der Waals surface area contributed by atoms with Gasteiger partial charge >= 0.3 is 0 Å². The molecular formula is C37H19N5O. The van der Waals surface area contributed by atoms with Crippen LogP contribution >= 0.6 is 0 Å². The van der Waals surface area contributed by atoms with Gasteiger partial charge in [0.25, 0.3) is 0 Å². The molecule has 0 saturated heterocycles. The number of rotatable bonds is 2. The van der Waals surface area contributed by atoms with Crippen molar-refractivity contribution in [2.24, 2.45) is 0 Å². The lowest BCUT2D eigenvalue weighted by Crippen LogP contribution is -2.03. The van der Waals surface area contributed by atoms with Crippen molar-refractivity contribution in [3.63, 3.8) is 0 Å². The second kappa shape index (κ2) is 8.57. The maximum atomic E-state index is 9.60. The Morgan fingerprint density at radius 3 is 1.86 bits per heavy atom. The van der Waals surface area contributed by atoms with Crippen LogP contribution in [0.1, 0.15) is 11.1 Å². The second-order valence-corrected chi connectivity index (χ2v) is 10.7. The van der Waals surface area contributed by atoms with E-state index in [-0.39, 0.29) is 0 Å². The van der Waals surface area contributed by atoms with Gasteiger partial charge in [-0.25, -0.2) is 4.98 Å². The van der Waals surface area contributed by atoms with Gasteiger partial charge in [-0.2, -0.15) is 10.5 Å². The van der Waals surface area contributed by atoms with Gasteiger partial charge in [-0.05, 0) is 72.8 Å². The number of nitrogens with zero attached hydrogens (tertiary/aromatic N) is 5. The fourth-order valence-corrected chi connectivity index (χ4v) is 6.57. The van der Waals surface area contributed by atoms with Gasteiger partial charge < -0.3 is 4.42 Å². The highest BCUT2D eigenvalue weighted by molar-refractivity contribution is 6.24. The first-order valence-corrected chi connectivity index (χ1v) is 13.9. The summed E-state index contributed by atoms with van der Waals surface area (Å²) >= 11 is 0. The van der Waals surface area contributed by atoms with Crippen LogP contribution in [0.25, 0.3) is 77.2 Å². The molecule has 0 aliphatic heterocycles. The standard InChI is InChI=1S/C37H19N5O/c38-20-22-12-15-30-27(18-22)28-19-23(21-39)13-16-31(28)41(30)34-10-5-11-35(40-34)42-29-8-3-1-6-24(29)25-14-17-33-36(37(25)42)26-7-2-4-9-32(26)43-33/h1-19H. The van der Waals surface area contributed by atoms with Crippen molar-refractivity contribution < 1.29 is 4.42 Å². The number of nitriles is 2. The minimum atomic E-state index is 0.567. The highest BCUT2D eigenvalue weighted by Gasteiger charge is 2.20. The summed E-state index contributed by atoms with van der Waals surface area (Å²) in [6.07, 6.45) is 0. The lowest BCUT2D eigenvalue weighted by atomic mass is 10.1. The lowest BCUT2D eigenvalue weighted by molar-refractivity contribution is 0.669. The Labute approximate surface area is 244 Å². The van der Waals surface area contributed by atoms with Gasteiger partial charge in [0.1, 0.15) is 22.8 Å². The molecule has 5 aromatic carbocycles. The van der Waals surface area contributed by atoms with E-state index in [0.29, 0.717) is 11.1 Å². The molecule has 4 heterocycles. The van der Waals surface area contributed by atoms with E-state index in [9.17, 15) is 10.5 Å². The lowest BCUT2D eigenvalue weighted by Gasteiger charge is -2.12. The molecule has 198 valence electrons. The molecular weight excluding hydrogens is 530 g/mol. The first kappa shape index (κ1) is 23.3. The van der Waals surface area contributed by atoms with Crippen molar-refractivity contribution in [3.8, 4) is 23.8 Å². The highest BCUT2D eigenvalue weighted by Crippen LogP contribution is 2.41. The van der Waals surface area contributed by atoms with Gasteiger partial charge in [0.15, 0.2) is 0 Å². The van der Waals surface area contributed by atoms with E-state index in [4.69, 9.17) is 9.40 Å². The summed E-state index contributed by atoms with van der Waals surface area (Å²) in [6.45, 7) is 0. The van der Waals surface area contributed by atoms with E-state index in [1.807, 2.05) is 72.8 Å². The molecule has 0 aliphatic carbocycles. The molecule has 0 saturated carbocycles. The van der Waals surface area contributed by atoms with E-state index in [0.717, 1.165) is 77.2 Å². The van der Waals surface area contributed by atoms with Crippen LogP contribution < -0.4 is 0 Å². The molecule has 0 aliphatic rings. The van der Waals surface area contributed by atoms with Crippen LogP contribution in [-0.2, 0) is 0 Å². The average molecular weight is 550 g/mol. The third kappa shape index (κ3) is 3.18.